The van der Waals surface area contributed by atoms with Crippen LogP contribution >= 0.6 is 27.7 Å². The highest BCUT2D eigenvalue weighted by Gasteiger charge is 2.09. The van der Waals surface area contributed by atoms with Gasteiger partial charge in [0.2, 0.25) is 5.91 Å². The second kappa shape index (κ2) is 8.36. The smallest absolute Gasteiger partial charge is 0.235 e. The van der Waals surface area contributed by atoms with E-state index in [0.717, 1.165) is 20.5 Å². The van der Waals surface area contributed by atoms with Crippen molar-refractivity contribution in [1.82, 2.24) is 9.78 Å². The zero-order chi connectivity index (χ0) is 17.6. The summed E-state index contributed by atoms with van der Waals surface area (Å²) < 4.78 is 2.84. The molecule has 3 rings (SSSR count). The molecule has 0 bridgehead atoms. The molecule has 3 aromatic rings. The lowest BCUT2D eigenvalue weighted by molar-refractivity contribution is -0.113. The van der Waals surface area contributed by atoms with Crippen LogP contribution in [-0.4, -0.2) is 21.4 Å². The quantitative estimate of drug-likeness (QED) is 0.591. The molecule has 0 saturated carbocycles. The van der Waals surface area contributed by atoms with Crippen LogP contribution in [0.2, 0.25) is 0 Å². The largest absolute Gasteiger partial charge is 0.310 e. The fourth-order valence-corrected chi connectivity index (χ4v) is 3.70. The van der Waals surface area contributed by atoms with Gasteiger partial charge < -0.3 is 5.32 Å². The number of benzene rings is 2. The number of thioether (sulfide) groups is 1. The minimum absolute atomic E-state index is 0.0397. The van der Waals surface area contributed by atoms with Crippen molar-refractivity contribution in [3.05, 3.63) is 76.4 Å². The summed E-state index contributed by atoms with van der Waals surface area (Å²) in [5.74, 6) is 1.03. The van der Waals surface area contributed by atoms with Crippen LogP contribution in [0.3, 0.4) is 0 Å². The molecular formula is C19H18BrN3OS. The normalized spacial score (nSPS) is 10.6. The summed E-state index contributed by atoms with van der Waals surface area (Å²) in [6.45, 7) is 2.67. The van der Waals surface area contributed by atoms with E-state index >= 15 is 0 Å². The van der Waals surface area contributed by atoms with Crippen molar-refractivity contribution in [2.45, 2.75) is 18.4 Å². The summed E-state index contributed by atoms with van der Waals surface area (Å²) in [6, 6.07) is 17.9. The van der Waals surface area contributed by atoms with Gasteiger partial charge in [-0.1, -0.05) is 46.3 Å². The van der Waals surface area contributed by atoms with Crippen molar-refractivity contribution in [3.63, 3.8) is 0 Å². The number of halogens is 1. The molecular weight excluding hydrogens is 398 g/mol. The van der Waals surface area contributed by atoms with Gasteiger partial charge in [-0.05, 0) is 36.2 Å². The van der Waals surface area contributed by atoms with Gasteiger partial charge in [0.1, 0.15) is 5.82 Å². The number of anilines is 1. The first kappa shape index (κ1) is 17.8. The minimum atomic E-state index is -0.0397. The van der Waals surface area contributed by atoms with E-state index in [1.165, 1.54) is 11.8 Å². The fraction of sp³-hybridized carbons (Fsp3) is 0.158. The Morgan fingerprint density at radius 3 is 2.76 bits per heavy atom. The lowest BCUT2D eigenvalue weighted by atomic mass is 10.2. The Balaban J connectivity index is 1.59. The molecule has 6 heteroatoms. The molecule has 0 saturated heterocycles. The molecule has 0 atom stereocenters. The number of aryl methyl sites for hydroxylation is 1. The highest BCUT2D eigenvalue weighted by atomic mass is 79.9. The molecule has 0 fully saturated rings. The van der Waals surface area contributed by atoms with Crippen LogP contribution in [0.15, 0.2) is 70.2 Å². The van der Waals surface area contributed by atoms with Gasteiger partial charge in [-0.3, -0.25) is 4.79 Å². The molecule has 2 aromatic carbocycles. The van der Waals surface area contributed by atoms with Gasteiger partial charge in [-0.15, -0.1) is 11.8 Å². The van der Waals surface area contributed by atoms with Gasteiger partial charge in [0.05, 0.1) is 18.5 Å². The van der Waals surface area contributed by atoms with Crippen LogP contribution in [-0.2, 0) is 11.3 Å². The lowest BCUT2D eigenvalue weighted by Crippen LogP contribution is -2.17. The van der Waals surface area contributed by atoms with Gasteiger partial charge in [0.15, 0.2) is 0 Å². The molecule has 0 aliphatic carbocycles. The first-order chi connectivity index (χ1) is 12.1. The molecule has 128 valence electrons. The molecule has 1 amide bonds. The van der Waals surface area contributed by atoms with Crippen LogP contribution in [0.4, 0.5) is 5.82 Å². The van der Waals surface area contributed by atoms with Crippen LogP contribution < -0.4 is 5.32 Å². The summed E-state index contributed by atoms with van der Waals surface area (Å²) in [6.07, 6.45) is 1.70. The molecule has 1 N–H and O–H groups in total. The first-order valence-corrected chi connectivity index (χ1v) is 9.64. The zero-order valence-electron chi connectivity index (χ0n) is 13.8. The number of nitrogens with one attached hydrogen (secondary N) is 1. The van der Waals surface area contributed by atoms with Gasteiger partial charge in [0, 0.05) is 15.4 Å². The van der Waals surface area contributed by atoms with Gasteiger partial charge >= 0.3 is 0 Å². The van der Waals surface area contributed by atoms with Crippen LogP contribution in [0, 0.1) is 6.92 Å². The summed E-state index contributed by atoms with van der Waals surface area (Å²) in [4.78, 5) is 13.4. The molecule has 0 spiro atoms. The standard InChI is InChI=1S/C19H18BrN3OS/c1-14-11-16(20)7-8-17(14)25-13-19(24)22-18-9-10-21-23(18)12-15-5-3-2-4-6-15/h2-11H,12-13H2,1H3,(H,22,24). The predicted octanol–water partition coefficient (Wildman–Crippen LogP) is 4.73. The van der Waals surface area contributed by atoms with Crippen molar-refractivity contribution in [3.8, 4) is 0 Å². The number of amides is 1. The average molecular weight is 416 g/mol. The minimum Gasteiger partial charge on any atom is -0.310 e. The Labute approximate surface area is 159 Å². The van der Waals surface area contributed by atoms with Crippen molar-refractivity contribution < 1.29 is 4.79 Å². The van der Waals surface area contributed by atoms with E-state index in [4.69, 9.17) is 0 Å². The molecule has 0 radical (unpaired) electrons. The van der Waals surface area contributed by atoms with Crippen LogP contribution in [0.25, 0.3) is 0 Å². The molecule has 25 heavy (non-hydrogen) atoms. The SMILES string of the molecule is Cc1cc(Br)ccc1SCC(=O)Nc1ccnn1Cc1ccccc1. The average Bonchev–Trinajstić information content (AvgIpc) is 3.02. The third-order valence-electron chi connectivity index (χ3n) is 3.65. The Morgan fingerprint density at radius 2 is 2.00 bits per heavy atom. The number of carbonyl (C=O) groups is 1. The topological polar surface area (TPSA) is 46.9 Å². The molecule has 1 aromatic heterocycles. The van der Waals surface area contributed by atoms with Crippen molar-refractivity contribution in [2.24, 2.45) is 0 Å². The molecule has 0 aliphatic heterocycles. The third-order valence-corrected chi connectivity index (χ3v) is 5.32. The van der Waals surface area contributed by atoms with E-state index in [9.17, 15) is 4.79 Å². The summed E-state index contributed by atoms with van der Waals surface area (Å²) in [7, 11) is 0. The molecule has 1 heterocycles. The van der Waals surface area contributed by atoms with E-state index in [1.54, 1.807) is 10.9 Å². The van der Waals surface area contributed by atoms with Crippen molar-refractivity contribution >= 4 is 39.4 Å². The summed E-state index contributed by atoms with van der Waals surface area (Å²) >= 11 is 4.99. The predicted molar refractivity (Wildman–Crippen MR) is 106 cm³/mol. The highest BCUT2D eigenvalue weighted by Crippen LogP contribution is 2.25. The van der Waals surface area contributed by atoms with Gasteiger partial charge in [-0.2, -0.15) is 5.10 Å². The first-order valence-electron chi connectivity index (χ1n) is 7.86. The zero-order valence-corrected chi connectivity index (χ0v) is 16.2. The van der Waals surface area contributed by atoms with E-state index in [0.29, 0.717) is 18.1 Å². The number of hydrogen-bond acceptors (Lipinski definition) is 3. The van der Waals surface area contributed by atoms with Crippen molar-refractivity contribution in [1.29, 1.82) is 0 Å². The molecule has 0 unspecified atom stereocenters. The summed E-state index contributed by atoms with van der Waals surface area (Å²) in [5.41, 5.74) is 2.29. The molecule has 4 nitrogen and oxygen atoms in total. The maximum atomic E-state index is 12.3. The van der Waals surface area contributed by atoms with Crippen LogP contribution in [0.5, 0.6) is 0 Å². The number of nitrogens with zero attached hydrogens (tertiary/aromatic N) is 2. The Bertz CT molecular complexity index is 864. The Kier molecular flexibility index (Phi) is 5.94. The van der Waals surface area contributed by atoms with E-state index in [-0.39, 0.29) is 5.91 Å². The number of hydrogen-bond donors (Lipinski definition) is 1. The Hall–Kier alpha value is -2.05. The third kappa shape index (κ3) is 4.96. The number of rotatable bonds is 6. The summed E-state index contributed by atoms with van der Waals surface area (Å²) in [5, 5.41) is 7.24. The lowest BCUT2D eigenvalue weighted by Gasteiger charge is -2.10. The van der Waals surface area contributed by atoms with E-state index in [1.807, 2.05) is 55.5 Å². The van der Waals surface area contributed by atoms with Gasteiger partial charge in [0.25, 0.3) is 0 Å². The number of carbonyl (C=O) groups excluding carboxylic acids is 1. The Morgan fingerprint density at radius 1 is 1.20 bits per heavy atom. The van der Waals surface area contributed by atoms with E-state index < -0.39 is 0 Å². The highest BCUT2D eigenvalue weighted by molar-refractivity contribution is 9.10. The maximum absolute atomic E-state index is 12.3. The van der Waals surface area contributed by atoms with E-state index in [2.05, 4.69) is 32.4 Å². The fourth-order valence-electron chi connectivity index (χ4n) is 2.42. The monoisotopic (exact) mass is 415 g/mol. The molecule has 0 aliphatic rings. The second-order valence-corrected chi connectivity index (χ2v) is 7.54. The van der Waals surface area contributed by atoms with Gasteiger partial charge in [-0.25, -0.2) is 4.68 Å². The number of aromatic nitrogens is 2. The van der Waals surface area contributed by atoms with Crippen LogP contribution in [0.1, 0.15) is 11.1 Å². The second-order valence-electron chi connectivity index (χ2n) is 5.61. The maximum Gasteiger partial charge on any atom is 0.235 e. The van der Waals surface area contributed by atoms with Crippen molar-refractivity contribution in [2.75, 3.05) is 11.1 Å².